The molecule has 0 unspecified atom stereocenters. The molecule has 3 rings (SSSR count). The maximum atomic E-state index is 11.9. The quantitative estimate of drug-likeness (QED) is 0.684. The minimum atomic E-state index is -0.184. The zero-order chi connectivity index (χ0) is 15.0. The van der Waals surface area contributed by atoms with E-state index in [-0.39, 0.29) is 11.1 Å². The van der Waals surface area contributed by atoms with Crippen molar-refractivity contribution in [3.8, 4) is 0 Å². The molecule has 0 fully saturated rings. The number of thiazole rings is 1. The molecule has 0 N–H and O–H groups in total. The summed E-state index contributed by atoms with van der Waals surface area (Å²) in [6.45, 7) is 6.11. The van der Waals surface area contributed by atoms with Crippen LogP contribution in [-0.4, -0.2) is 29.6 Å². The number of thioether (sulfide) groups is 1. The van der Waals surface area contributed by atoms with E-state index < -0.39 is 0 Å². The van der Waals surface area contributed by atoms with Crippen LogP contribution >= 0.6 is 23.1 Å². The Hall–Kier alpha value is -1.74. The van der Waals surface area contributed by atoms with Crippen molar-refractivity contribution in [2.45, 2.75) is 37.2 Å². The first kappa shape index (κ1) is 14.2. The lowest BCUT2D eigenvalue weighted by molar-refractivity contribution is 0.321. The van der Waals surface area contributed by atoms with Crippen molar-refractivity contribution in [1.29, 1.82) is 0 Å². The average Bonchev–Trinajstić information content (AvgIpc) is 3.04. The van der Waals surface area contributed by atoms with E-state index in [0.717, 1.165) is 10.9 Å². The molecule has 0 aromatic carbocycles. The van der Waals surface area contributed by atoms with Crippen LogP contribution in [0, 0.1) is 0 Å². The van der Waals surface area contributed by atoms with E-state index in [0.29, 0.717) is 10.7 Å². The molecule has 3 aromatic rings. The van der Waals surface area contributed by atoms with Gasteiger partial charge in [-0.2, -0.15) is 0 Å². The lowest BCUT2D eigenvalue weighted by Gasteiger charge is -2.19. The zero-order valence-corrected chi connectivity index (χ0v) is 13.5. The van der Waals surface area contributed by atoms with Crippen molar-refractivity contribution in [3.63, 3.8) is 0 Å². The van der Waals surface area contributed by atoms with Crippen molar-refractivity contribution < 1.29 is 0 Å². The summed E-state index contributed by atoms with van der Waals surface area (Å²) in [6.07, 6.45) is 1.73. The van der Waals surface area contributed by atoms with Crippen molar-refractivity contribution >= 4 is 28.1 Å². The first-order valence-electron chi connectivity index (χ1n) is 6.32. The third-order valence-corrected chi connectivity index (χ3v) is 4.49. The Morgan fingerprint density at radius 1 is 1.38 bits per heavy atom. The van der Waals surface area contributed by atoms with Crippen LogP contribution in [0.1, 0.15) is 26.5 Å². The summed E-state index contributed by atoms with van der Waals surface area (Å²) in [6, 6.07) is 1.55. The summed E-state index contributed by atoms with van der Waals surface area (Å²) in [5.41, 5.74) is 0.486. The van der Waals surface area contributed by atoms with E-state index in [1.807, 2.05) is 26.2 Å². The summed E-state index contributed by atoms with van der Waals surface area (Å²) in [7, 11) is 0. The molecule has 0 aliphatic carbocycles. The van der Waals surface area contributed by atoms with Gasteiger partial charge < -0.3 is 0 Å². The van der Waals surface area contributed by atoms with E-state index in [1.54, 1.807) is 16.9 Å². The van der Waals surface area contributed by atoms with Gasteiger partial charge in [0, 0.05) is 23.4 Å². The van der Waals surface area contributed by atoms with Gasteiger partial charge in [-0.05, 0) is 31.2 Å². The van der Waals surface area contributed by atoms with Gasteiger partial charge in [0.1, 0.15) is 0 Å². The van der Waals surface area contributed by atoms with Gasteiger partial charge in [-0.1, -0.05) is 11.8 Å². The fourth-order valence-corrected chi connectivity index (χ4v) is 3.48. The van der Waals surface area contributed by atoms with Gasteiger partial charge in [-0.25, -0.2) is 9.67 Å². The van der Waals surface area contributed by atoms with Gasteiger partial charge in [-0.15, -0.1) is 16.4 Å². The van der Waals surface area contributed by atoms with Crippen LogP contribution in [0.15, 0.2) is 27.6 Å². The molecule has 0 saturated carbocycles. The van der Waals surface area contributed by atoms with Crippen LogP contribution < -0.4 is 5.56 Å². The smallest absolute Gasteiger partial charge is 0.258 e. The van der Waals surface area contributed by atoms with Gasteiger partial charge in [0.25, 0.3) is 5.56 Å². The number of fused-ring (bicyclic) bond motifs is 1. The van der Waals surface area contributed by atoms with E-state index in [1.165, 1.54) is 27.5 Å². The van der Waals surface area contributed by atoms with Gasteiger partial charge in [0.2, 0.25) is 5.16 Å². The van der Waals surface area contributed by atoms with Crippen LogP contribution in [-0.2, 0) is 11.3 Å². The molecule has 0 radical (unpaired) electrons. The Labute approximate surface area is 129 Å². The highest BCUT2D eigenvalue weighted by atomic mass is 32.2. The van der Waals surface area contributed by atoms with E-state index in [4.69, 9.17) is 0 Å². The lowest BCUT2D eigenvalue weighted by Crippen LogP contribution is -2.24. The molecule has 0 aliphatic heterocycles. The number of hydrogen-bond donors (Lipinski definition) is 0. The van der Waals surface area contributed by atoms with Crippen LogP contribution in [0.2, 0.25) is 0 Å². The monoisotopic (exact) mass is 322 g/mol. The third-order valence-electron chi connectivity index (χ3n) is 2.78. The summed E-state index contributed by atoms with van der Waals surface area (Å²) in [5.74, 6) is 0.556. The van der Waals surface area contributed by atoms with E-state index in [9.17, 15) is 4.79 Å². The minimum Gasteiger partial charge on any atom is -0.269 e. The zero-order valence-electron chi connectivity index (χ0n) is 11.8. The number of hydrogen-bond acceptors (Lipinski definition) is 7. The van der Waals surface area contributed by atoms with Crippen molar-refractivity contribution in [2.24, 2.45) is 0 Å². The highest BCUT2D eigenvalue weighted by Gasteiger charge is 2.20. The average molecular weight is 322 g/mol. The molecule has 0 saturated heterocycles. The van der Waals surface area contributed by atoms with Crippen LogP contribution in [0.25, 0.3) is 4.96 Å². The highest BCUT2D eigenvalue weighted by molar-refractivity contribution is 7.98. The van der Waals surface area contributed by atoms with Crippen molar-refractivity contribution in [3.05, 3.63) is 33.7 Å². The number of aromatic nitrogens is 6. The van der Waals surface area contributed by atoms with Gasteiger partial charge in [0.15, 0.2) is 4.96 Å². The molecule has 7 nitrogen and oxygen atoms in total. The standard InChI is InChI=1S/C12H14N6OS2/c1-12(2,3)18-11(14-15-16-18)21-7-8-6-9(19)17-4-5-20-10(17)13-8/h4-6H,7H2,1-3H3. The summed E-state index contributed by atoms with van der Waals surface area (Å²) >= 11 is 2.92. The first-order chi connectivity index (χ1) is 9.95. The predicted molar refractivity (Wildman–Crippen MR) is 81.7 cm³/mol. The van der Waals surface area contributed by atoms with E-state index >= 15 is 0 Å². The topological polar surface area (TPSA) is 78.0 Å². The second-order valence-electron chi connectivity index (χ2n) is 5.47. The molecule has 9 heteroatoms. The molecular formula is C12H14N6OS2. The van der Waals surface area contributed by atoms with Gasteiger partial charge >= 0.3 is 0 Å². The predicted octanol–water partition coefficient (Wildman–Crippen LogP) is 1.79. The second-order valence-corrected chi connectivity index (χ2v) is 7.29. The maximum absolute atomic E-state index is 11.9. The number of nitrogens with zero attached hydrogens (tertiary/aromatic N) is 6. The Balaban J connectivity index is 1.84. The van der Waals surface area contributed by atoms with Crippen molar-refractivity contribution in [2.75, 3.05) is 0 Å². The first-order valence-corrected chi connectivity index (χ1v) is 8.19. The normalized spacial score (nSPS) is 12.1. The molecule has 0 bridgehead atoms. The Kier molecular flexibility index (Phi) is 3.54. The summed E-state index contributed by atoms with van der Waals surface area (Å²) in [4.78, 5) is 17.1. The van der Waals surface area contributed by atoms with Crippen LogP contribution in [0.4, 0.5) is 0 Å². The minimum absolute atomic E-state index is 0.0627. The second kappa shape index (κ2) is 5.23. The third kappa shape index (κ3) is 2.84. The van der Waals surface area contributed by atoms with E-state index in [2.05, 4.69) is 20.5 Å². The fraction of sp³-hybridized carbons (Fsp3) is 0.417. The SMILES string of the molecule is CC(C)(C)n1nnnc1SCc1cc(=O)n2ccsc2n1. The maximum Gasteiger partial charge on any atom is 0.258 e. The summed E-state index contributed by atoms with van der Waals surface area (Å²) < 4.78 is 3.31. The van der Waals surface area contributed by atoms with Gasteiger partial charge in [0.05, 0.1) is 11.2 Å². The molecule has 3 heterocycles. The molecule has 0 amide bonds. The number of tetrazole rings is 1. The summed E-state index contributed by atoms with van der Waals surface area (Å²) in [5, 5.41) is 14.3. The van der Waals surface area contributed by atoms with Crippen LogP contribution in [0.5, 0.6) is 0 Å². The van der Waals surface area contributed by atoms with Crippen molar-refractivity contribution in [1.82, 2.24) is 29.6 Å². The van der Waals surface area contributed by atoms with Crippen LogP contribution in [0.3, 0.4) is 0 Å². The largest absolute Gasteiger partial charge is 0.269 e. The Morgan fingerprint density at radius 2 is 2.19 bits per heavy atom. The molecule has 110 valence electrons. The van der Waals surface area contributed by atoms with Gasteiger partial charge in [-0.3, -0.25) is 9.20 Å². The molecule has 0 aliphatic rings. The fourth-order valence-electron chi connectivity index (χ4n) is 1.79. The molecule has 0 spiro atoms. The molecule has 0 atom stereocenters. The lowest BCUT2D eigenvalue weighted by atomic mass is 10.1. The molecular weight excluding hydrogens is 308 g/mol. The molecule has 21 heavy (non-hydrogen) atoms. The highest BCUT2D eigenvalue weighted by Crippen LogP contribution is 2.24. The number of rotatable bonds is 3. The Bertz CT molecular complexity index is 828. The Morgan fingerprint density at radius 3 is 2.95 bits per heavy atom. The molecule has 3 aromatic heterocycles.